The predicted octanol–water partition coefficient (Wildman–Crippen LogP) is 3.01. The maximum absolute atomic E-state index is 13.9. The van der Waals surface area contributed by atoms with Crippen molar-refractivity contribution in [2.45, 2.75) is 12.7 Å². The van der Waals surface area contributed by atoms with E-state index in [4.69, 9.17) is 0 Å². The van der Waals surface area contributed by atoms with E-state index in [2.05, 4.69) is 0 Å². The molecule has 0 radical (unpaired) electrons. The molecule has 0 aliphatic heterocycles. The molecule has 3 heteroatoms. The van der Waals surface area contributed by atoms with Crippen molar-refractivity contribution in [1.29, 1.82) is 0 Å². The summed E-state index contributed by atoms with van der Waals surface area (Å²) in [5.74, 6) is 0. The first-order chi connectivity index (χ1) is 7.81. The number of alkyl halides is 1. The van der Waals surface area contributed by atoms with E-state index in [1.165, 1.54) is 4.57 Å². The van der Waals surface area contributed by atoms with Gasteiger partial charge >= 0.3 is 0 Å². The molecule has 0 spiro atoms. The third-order valence-electron chi connectivity index (χ3n) is 2.48. The van der Waals surface area contributed by atoms with Crippen LogP contribution in [-0.2, 0) is 6.42 Å². The van der Waals surface area contributed by atoms with E-state index in [0.717, 1.165) is 5.56 Å². The smallest absolute Gasteiger partial charge is 0.180 e. The van der Waals surface area contributed by atoms with E-state index >= 15 is 0 Å². The molecule has 0 fully saturated rings. The summed E-state index contributed by atoms with van der Waals surface area (Å²) < 4.78 is 15.3. The fraction of sp³-hybridized carbons (Fsp3) is 0.154. The first-order valence-corrected chi connectivity index (χ1v) is 5.11. The average Bonchev–Trinajstić information content (AvgIpc) is 2.78. The molecule has 0 saturated carbocycles. The highest BCUT2D eigenvalue weighted by Crippen LogP contribution is 2.17. The van der Waals surface area contributed by atoms with Crippen LogP contribution in [0.5, 0.6) is 0 Å². The van der Waals surface area contributed by atoms with Gasteiger partial charge in [-0.25, -0.2) is 4.39 Å². The number of benzene rings is 1. The third kappa shape index (κ3) is 2.19. The second kappa shape index (κ2) is 4.75. The normalized spacial score (nSPS) is 12.3. The Kier molecular flexibility index (Phi) is 3.15. The van der Waals surface area contributed by atoms with E-state index in [1.54, 1.807) is 18.3 Å². The molecule has 1 aromatic carbocycles. The van der Waals surface area contributed by atoms with Crippen LogP contribution in [-0.4, -0.2) is 10.9 Å². The van der Waals surface area contributed by atoms with Crippen molar-refractivity contribution in [3.8, 4) is 0 Å². The Morgan fingerprint density at radius 2 is 1.94 bits per heavy atom. The second-order valence-electron chi connectivity index (χ2n) is 3.58. The molecule has 1 atom stereocenters. The van der Waals surface area contributed by atoms with Gasteiger partial charge in [-0.2, -0.15) is 0 Å². The first-order valence-electron chi connectivity index (χ1n) is 5.11. The second-order valence-corrected chi connectivity index (χ2v) is 3.58. The number of aldehydes is 1. The molecule has 2 aromatic rings. The van der Waals surface area contributed by atoms with Gasteiger partial charge in [0, 0.05) is 12.6 Å². The van der Waals surface area contributed by atoms with Gasteiger partial charge in [-0.15, -0.1) is 0 Å². The lowest BCUT2D eigenvalue weighted by atomic mass is 10.1. The molecule has 16 heavy (non-hydrogen) atoms. The lowest BCUT2D eigenvalue weighted by molar-refractivity contribution is 0.110. The molecule has 1 heterocycles. The van der Waals surface area contributed by atoms with Crippen LogP contribution < -0.4 is 0 Å². The molecule has 0 aliphatic rings. The minimum absolute atomic E-state index is 0.274. The third-order valence-corrected chi connectivity index (χ3v) is 2.48. The number of hydrogen-bond acceptors (Lipinski definition) is 1. The number of halogens is 1. The van der Waals surface area contributed by atoms with Gasteiger partial charge in [0.05, 0.1) is 5.69 Å². The summed E-state index contributed by atoms with van der Waals surface area (Å²) in [5, 5.41) is 0. The van der Waals surface area contributed by atoms with Crippen LogP contribution in [0.4, 0.5) is 4.39 Å². The molecule has 0 bridgehead atoms. The van der Waals surface area contributed by atoms with Gasteiger partial charge in [0.2, 0.25) is 0 Å². The number of aromatic nitrogens is 1. The fourth-order valence-electron chi connectivity index (χ4n) is 1.67. The highest BCUT2D eigenvalue weighted by atomic mass is 19.1. The standard InChI is InChI=1S/C13H12FNO/c14-13(9-11-5-2-1-3-6-11)15-8-4-7-12(15)10-16/h1-8,10,13H,9H2. The lowest BCUT2D eigenvalue weighted by Gasteiger charge is -2.11. The Morgan fingerprint density at radius 3 is 2.62 bits per heavy atom. The summed E-state index contributed by atoms with van der Waals surface area (Å²) in [5.41, 5.74) is 1.28. The van der Waals surface area contributed by atoms with Gasteiger partial charge < -0.3 is 4.57 Å². The van der Waals surface area contributed by atoms with E-state index in [-0.39, 0.29) is 6.42 Å². The quantitative estimate of drug-likeness (QED) is 0.721. The van der Waals surface area contributed by atoms with Crippen molar-refractivity contribution in [3.05, 3.63) is 59.9 Å². The molecule has 0 saturated heterocycles. The van der Waals surface area contributed by atoms with Gasteiger partial charge in [-0.3, -0.25) is 4.79 Å². The first kappa shape index (κ1) is 10.6. The molecule has 0 aliphatic carbocycles. The van der Waals surface area contributed by atoms with Crippen LogP contribution in [0.15, 0.2) is 48.7 Å². The summed E-state index contributed by atoms with van der Waals surface area (Å²) in [6, 6.07) is 12.7. The minimum Gasteiger partial charge on any atom is -0.314 e. The maximum atomic E-state index is 13.9. The van der Waals surface area contributed by atoms with Gasteiger partial charge in [0.1, 0.15) is 0 Å². The largest absolute Gasteiger partial charge is 0.314 e. The van der Waals surface area contributed by atoms with Crippen molar-refractivity contribution in [1.82, 2.24) is 4.57 Å². The van der Waals surface area contributed by atoms with Crippen LogP contribution in [0.1, 0.15) is 22.3 Å². The Bertz CT molecular complexity index is 464. The molecule has 0 N–H and O–H groups in total. The SMILES string of the molecule is O=Cc1cccn1C(F)Cc1ccccc1. The average molecular weight is 217 g/mol. The van der Waals surface area contributed by atoms with Gasteiger partial charge in [-0.1, -0.05) is 30.3 Å². The van der Waals surface area contributed by atoms with E-state index in [0.29, 0.717) is 12.0 Å². The van der Waals surface area contributed by atoms with E-state index in [1.807, 2.05) is 30.3 Å². The minimum atomic E-state index is -1.20. The highest BCUT2D eigenvalue weighted by Gasteiger charge is 2.11. The lowest BCUT2D eigenvalue weighted by Crippen LogP contribution is -2.08. The monoisotopic (exact) mass is 217 g/mol. The maximum Gasteiger partial charge on any atom is 0.180 e. The van der Waals surface area contributed by atoms with Gasteiger partial charge in [0.25, 0.3) is 0 Å². The molecule has 1 unspecified atom stereocenters. The van der Waals surface area contributed by atoms with Gasteiger partial charge in [0.15, 0.2) is 12.6 Å². The molecular formula is C13H12FNO. The molecule has 1 aromatic heterocycles. The summed E-state index contributed by atoms with van der Waals surface area (Å²) in [6.45, 7) is 0. The van der Waals surface area contributed by atoms with E-state index < -0.39 is 6.30 Å². The van der Waals surface area contributed by atoms with Crippen molar-refractivity contribution < 1.29 is 9.18 Å². The Morgan fingerprint density at radius 1 is 1.19 bits per heavy atom. The highest BCUT2D eigenvalue weighted by molar-refractivity contribution is 5.72. The molecule has 2 nitrogen and oxygen atoms in total. The van der Waals surface area contributed by atoms with Crippen molar-refractivity contribution in [2.75, 3.05) is 0 Å². The number of carbonyl (C=O) groups is 1. The van der Waals surface area contributed by atoms with Gasteiger partial charge in [-0.05, 0) is 17.7 Å². The Labute approximate surface area is 93.3 Å². The van der Waals surface area contributed by atoms with Crippen LogP contribution in [0, 0.1) is 0 Å². The predicted molar refractivity (Wildman–Crippen MR) is 60.1 cm³/mol. The summed E-state index contributed by atoms with van der Waals surface area (Å²) >= 11 is 0. The van der Waals surface area contributed by atoms with Crippen LogP contribution >= 0.6 is 0 Å². The zero-order valence-corrected chi connectivity index (χ0v) is 8.71. The van der Waals surface area contributed by atoms with Crippen LogP contribution in [0.3, 0.4) is 0 Å². The summed E-state index contributed by atoms with van der Waals surface area (Å²) in [7, 11) is 0. The van der Waals surface area contributed by atoms with Crippen LogP contribution in [0.25, 0.3) is 0 Å². The number of carbonyl (C=O) groups excluding carboxylic acids is 1. The summed E-state index contributed by atoms with van der Waals surface area (Å²) in [4.78, 5) is 10.7. The number of nitrogens with zero attached hydrogens (tertiary/aromatic N) is 1. The van der Waals surface area contributed by atoms with E-state index in [9.17, 15) is 9.18 Å². The topological polar surface area (TPSA) is 22.0 Å². The summed E-state index contributed by atoms with van der Waals surface area (Å²) in [6.07, 6.45) is 1.32. The molecule has 0 amide bonds. The van der Waals surface area contributed by atoms with Crippen LogP contribution in [0.2, 0.25) is 0 Å². The number of rotatable bonds is 4. The molecule has 2 rings (SSSR count). The molecular weight excluding hydrogens is 205 g/mol. The zero-order valence-electron chi connectivity index (χ0n) is 8.71. The Hall–Kier alpha value is -1.90. The Balaban J connectivity index is 2.14. The van der Waals surface area contributed by atoms with Crippen molar-refractivity contribution >= 4 is 6.29 Å². The fourth-order valence-corrected chi connectivity index (χ4v) is 1.67. The zero-order chi connectivity index (χ0) is 11.4. The molecule has 82 valence electrons. The number of hydrogen-bond donors (Lipinski definition) is 0. The van der Waals surface area contributed by atoms with Crippen molar-refractivity contribution in [3.63, 3.8) is 0 Å². The van der Waals surface area contributed by atoms with Crippen molar-refractivity contribution in [2.24, 2.45) is 0 Å².